The number of aliphatic hydroxyl groups is 1. The van der Waals surface area contributed by atoms with Gasteiger partial charge in [-0.15, -0.1) is 0 Å². The molecule has 0 spiro atoms. The van der Waals surface area contributed by atoms with Crippen LogP contribution in [0.15, 0.2) is 0 Å². The highest BCUT2D eigenvalue weighted by Gasteiger charge is 2.17. The van der Waals surface area contributed by atoms with Crippen molar-refractivity contribution in [3.63, 3.8) is 0 Å². The van der Waals surface area contributed by atoms with Crippen molar-refractivity contribution >= 4 is 0 Å². The van der Waals surface area contributed by atoms with Crippen LogP contribution in [0.25, 0.3) is 0 Å². The molecule has 0 bridgehead atoms. The fourth-order valence-electron chi connectivity index (χ4n) is 1.66. The van der Waals surface area contributed by atoms with Crippen LogP contribution in [0.3, 0.4) is 0 Å². The summed E-state index contributed by atoms with van der Waals surface area (Å²) in [6.45, 7) is 7.11. The second-order valence-corrected chi connectivity index (χ2v) is 4.33. The molecule has 2 nitrogen and oxygen atoms in total. The number of rotatable bonds is 7. The number of nitrogens with two attached hydrogens (primary N) is 1. The Hall–Kier alpha value is -0.0800. The van der Waals surface area contributed by atoms with E-state index in [2.05, 4.69) is 20.8 Å². The van der Waals surface area contributed by atoms with Crippen LogP contribution in [0.5, 0.6) is 0 Å². The molecule has 2 atom stereocenters. The van der Waals surface area contributed by atoms with E-state index in [0.717, 1.165) is 25.7 Å². The lowest BCUT2D eigenvalue weighted by molar-refractivity contribution is 0.0887. The van der Waals surface area contributed by atoms with Crippen molar-refractivity contribution in [3.05, 3.63) is 0 Å². The van der Waals surface area contributed by atoms with Gasteiger partial charge in [-0.3, -0.25) is 0 Å². The SMILES string of the molecule is CCCCC(O)C(CN)CC(C)C. The van der Waals surface area contributed by atoms with E-state index in [9.17, 15) is 5.11 Å². The summed E-state index contributed by atoms with van der Waals surface area (Å²) < 4.78 is 0. The Morgan fingerprint density at radius 1 is 1.31 bits per heavy atom. The Bertz CT molecular complexity index is 115. The van der Waals surface area contributed by atoms with Crippen molar-refractivity contribution < 1.29 is 5.11 Å². The first-order chi connectivity index (χ1) is 6.11. The maximum absolute atomic E-state index is 9.81. The molecule has 0 heterocycles. The van der Waals surface area contributed by atoms with Crippen LogP contribution in [0.4, 0.5) is 0 Å². The number of aliphatic hydroxyl groups excluding tert-OH is 1. The Balaban J connectivity index is 3.77. The van der Waals surface area contributed by atoms with E-state index >= 15 is 0 Å². The van der Waals surface area contributed by atoms with Crippen LogP contribution in [0.2, 0.25) is 0 Å². The standard InChI is InChI=1S/C11H25NO/c1-4-5-6-11(13)10(8-12)7-9(2)3/h9-11,13H,4-8,12H2,1-3H3. The van der Waals surface area contributed by atoms with Gasteiger partial charge in [0.15, 0.2) is 0 Å². The third kappa shape index (κ3) is 6.05. The summed E-state index contributed by atoms with van der Waals surface area (Å²) in [5.74, 6) is 0.927. The first-order valence-electron chi connectivity index (χ1n) is 5.49. The van der Waals surface area contributed by atoms with Crippen molar-refractivity contribution in [2.75, 3.05) is 6.54 Å². The molecule has 0 fully saturated rings. The zero-order chi connectivity index (χ0) is 10.3. The van der Waals surface area contributed by atoms with Crippen molar-refractivity contribution in [2.45, 2.75) is 52.6 Å². The third-order valence-electron chi connectivity index (χ3n) is 2.47. The maximum atomic E-state index is 9.81. The van der Waals surface area contributed by atoms with Gasteiger partial charge in [-0.05, 0) is 31.2 Å². The van der Waals surface area contributed by atoms with Gasteiger partial charge < -0.3 is 10.8 Å². The van der Waals surface area contributed by atoms with E-state index in [1.54, 1.807) is 0 Å². The van der Waals surface area contributed by atoms with Crippen LogP contribution >= 0.6 is 0 Å². The smallest absolute Gasteiger partial charge is 0.0580 e. The molecule has 0 saturated heterocycles. The van der Waals surface area contributed by atoms with Crippen LogP contribution in [0.1, 0.15) is 46.5 Å². The van der Waals surface area contributed by atoms with Crippen molar-refractivity contribution in [3.8, 4) is 0 Å². The number of unbranched alkanes of at least 4 members (excludes halogenated alkanes) is 1. The van der Waals surface area contributed by atoms with E-state index in [0.29, 0.717) is 18.4 Å². The molecule has 0 aromatic carbocycles. The van der Waals surface area contributed by atoms with Gasteiger partial charge in [0, 0.05) is 0 Å². The average Bonchev–Trinajstić information content (AvgIpc) is 2.09. The summed E-state index contributed by atoms with van der Waals surface area (Å²) in [7, 11) is 0. The topological polar surface area (TPSA) is 46.2 Å². The van der Waals surface area contributed by atoms with E-state index in [-0.39, 0.29) is 6.10 Å². The minimum atomic E-state index is -0.188. The van der Waals surface area contributed by atoms with E-state index in [1.165, 1.54) is 0 Å². The van der Waals surface area contributed by atoms with Gasteiger partial charge in [-0.1, -0.05) is 33.6 Å². The molecule has 0 radical (unpaired) electrons. The molecule has 3 N–H and O–H groups in total. The summed E-state index contributed by atoms with van der Waals surface area (Å²) in [4.78, 5) is 0. The van der Waals surface area contributed by atoms with E-state index in [4.69, 9.17) is 5.73 Å². The van der Waals surface area contributed by atoms with Crippen LogP contribution in [0, 0.1) is 11.8 Å². The monoisotopic (exact) mass is 187 g/mol. The van der Waals surface area contributed by atoms with Gasteiger partial charge in [0.1, 0.15) is 0 Å². The number of hydrogen-bond acceptors (Lipinski definition) is 2. The zero-order valence-electron chi connectivity index (χ0n) is 9.29. The minimum Gasteiger partial charge on any atom is -0.393 e. The van der Waals surface area contributed by atoms with Crippen molar-refractivity contribution in [2.24, 2.45) is 17.6 Å². The molecule has 13 heavy (non-hydrogen) atoms. The summed E-state index contributed by atoms with van der Waals surface area (Å²) in [5.41, 5.74) is 5.63. The molecule has 0 saturated carbocycles. The molecule has 2 unspecified atom stereocenters. The van der Waals surface area contributed by atoms with Gasteiger partial charge in [0.2, 0.25) is 0 Å². The van der Waals surface area contributed by atoms with Gasteiger partial charge in [0.25, 0.3) is 0 Å². The summed E-state index contributed by atoms with van der Waals surface area (Å²) in [6, 6.07) is 0. The molecule has 0 rings (SSSR count). The van der Waals surface area contributed by atoms with Crippen molar-refractivity contribution in [1.82, 2.24) is 0 Å². The Kier molecular flexibility index (Phi) is 7.29. The van der Waals surface area contributed by atoms with Gasteiger partial charge in [-0.25, -0.2) is 0 Å². The number of hydrogen-bond donors (Lipinski definition) is 2. The van der Waals surface area contributed by atoms with Crippen molar-refractivity contribution in [1.29, 1.82) is 0 Å². The molecular formula is C11H25NO. The molecule has 0 aliphatic rings. The summed E-state index contributed by atoms with van der Waals surface area (Å²) >= 11 is 0. The normalized spacial score (nSPS) is 16.2. The summed E-state index contributed by atoms with van der Waals surface area (Å²) in [5, 5.41) is 9.81. The highest BCUT2D eigenvalue weighted by molar-refractivity contribution is 4.71. The van der Waals surface area contributed by atoms with Gasteiger partial charge >= 0.3 is 0 Å². The lowest BCUT2D eigenvalue weighted by atomic mass is 9.90. The Labute approximate surface area is 82.5 Å². The molecule has 0 aliphatic carbocycles. The molecule has 0 aliphatic heterocycles. The zero-order valence-corrected chi connectivity index (χ0v) is 9.29. The highest BCUT2D eigenvalue weighted by Crippen LogP contribution is 2.18. The predicted octanol–water partition coefficient (Wildman–Crippen LogP) is 2.16. The molecule has 0 amide bonds. The van der Waals surface area contributed by atoms with E-state index in [1.807, 2.05) is 0 Å². The predicted molar refractivity (Wildman–Crippen MR) is 57.5 cm³/mol. The van der Waals surface area contributed by atoms with Crippen LogP contribution in [-0.4, -0.2) is 17.8 Å². The molecular weight excluding hydrogens is 162 g/mol. The average molecular weight is 187 g/mol. The first kappa shape index (κ1) is 12.9. The molecule has 0 aromatic rings. The largest absolute Gasteiger partial charge is 0.393 e. The highest BCUT2D eigenvalue weighted by atomic mass is 16.3. The Morgan fingerprint density at radius 2 is 1.92 bits per heavy atom. The van der Waals surface area contributed by atoms with Gasteiger partial charge in [0.05, 0.1) is 6.10 Å². The van der Waals surface area contributed by atoms with Crippen LogP contribution < -0.4 is 5.73 Å². The molecule has 80 valence electrons. The molecule has 2 heteroatoms. The van der Waals surface area contributed by atoms with Crippen LogP contribution in [-0.2, 0) is 0 Å². The lowest BCUT2D eigenvalue weighted by Crippen LogP contribution is -2.29. The minimum absolute atomic E-state index is 0.188. The quantitative estimate of drug-likeness (QED) is 0.641. The third-order valence-corrected chi connectivity index (χ3v) is 2.47. The Morgan fingerprint density at radius 3 is 2.31 bits per heavy atom. The van der Waals surface area contributed by atoms with Gasteiger partial charge in [-0.2, -0.15) is 0 Å². The second-order valence-electron chi connectivity index (χ2n) is 4.33. The first-order valence-corrected chi connectivity index (χ1v) is 5.49. The molecule has 0 aromatic heterocycles. The second kappa shape index (κ2) is 7.34. The summed E-state index contributed by atoms with van der Waals surface area (Å²) in [6.07, 6.45) is 4.02. The fraction of sp³-hybridized carbons (Fsp3) is 1.00. The fourth-order valence-corrected chi connectivity index (χ4v) is 1.66. The lowest BCUT2D eigenvalue weighted by Gasteiger charge is -2.22. The maximum Gasteiger partial charge on any atom is 0.0580 e. The van der Waals surface area contributed by atoms with E-state index < -0.39 is 0 Å².